The zero-order valence-electron chi connectivity index (χ0n) is 13.4. The average molecular weight is 284 g/mol. The molecule has 4 heteroatoms. The average Bonchev–Trinajstić information content (AvgIpc) is 2.32. The number of hydrogen-bond acceptors (Lipinski definition) is 4. The van der Waals surface area contributed by atoms with Crippen LogP contribution in [-0.4, -0.2) is 32.1 Å². The molecular formula is C15H28N2OS. The molecule has 110 valence electrons. The molecule has 1 N–H and O–H groups in total. The van der Waals surface area contributed by atoms with Gasteiger partial charge in [0, 0.05) is 12.1 Å². The minimum Gasteiger partial charge on any atom is -0.383 e. The van der Waals surface area contributed by atoms with Crippen molar-refractivity contribution < 1.29 is 0 Å². The number of nitrogens with zero attached hydrogens (tertiary/aromatic N) is 1. The van der Waals surface area contributed by atoms with Crippen molar-refractivity contribution in [3.05, 3.63) is 20.3 Å². The summed E-state index contributed by atoms with van der Waals surface area (Å²) in [5, 5.41) is 3.30. The van der Waals surface area contributed by atoms with Gasteiger partial charge in [0.05, 0.1) is 5.69 Å². The Labute approximate surface area is 122 Å². The molecule has 0 heterocycles. The third-order valence-corrected chi connectivity index (χ3v) is 3.13. The standard InChI is InChI=1S/C13H22N2OS.C2H6/c1-13(2,3)9-10(12(17)11(9)16)14-7-6-8-15(4)5;1-2/h14H,6-8H2,1-5H3;1-2H3. The highest BCUT2D eigenvalue weighted by atomic mass is 32.1. The van der Waals surface area contributed by atoms with Crippen LogP contribution in [0.5, 0.6) is 0 Å². The van der Waals surface area contributed by atoms with E-state index in [1.54, 1.807) is 0 Å². The van der Waals surface area contributed by atoms with Gasteiger partial charge in [0.15, 0.2) is 0 Å². The maximum atomic E-state index is 11.7. The molecular weight excluding hydrogens is 256 g/mol. The fourth-order valence-electron chi connectivity index (χ4n) is 1.88. The first-order chi connectivity index (χ1) is 8.75. The van der Waals surface area contributed by atoms with Crippen LogP contribution in [0.25, 0.3) is 0 Å². The second kappa shape index (κ2) is 7.75. The van der Waals surface area contributed by atoms with Crippen molar-refractivity contribution in [2.75, 3.05) is 32.5 Å². The van der Waals surface area contributed by atoms with Gasteiger partial charge in [-0.3, -0.25) is 4.79 Å². The largest absolute Gasteiger partial charge is 0.383 e. The summed E-state index contributed by atoms with van der Waals surface area (Å²) in [5.74, 6) is 0. The Hall–Kier alpha value is -0.740. The molecule has 1 rings (SSSR count). The van der Waals surface area contributed by atoms with Gasteiger partial charge in [-0.2, -0.15) is 0 Å². The summed E-state index contributed by atoms with van der Waals surface area (Å²) in [4.78, 5) is 13.9. The van der Waals surface area contributed by atoms with Crippen molar-refractivity contribution in [2.45, 2.75) is 46.5 Å². The lowest BCUT2D eigenvalue weighted by molar-refractivity contribution is 0.405. The van der Waals surface area contributed by atoms with Crippen molar-refractivity contribution >= 4 is 17.9 Å². The molecule has 0 atom stereocenters. The Morgan fingerprint density at radius 1 is 1.21 bits per heavy atom. The molecule has 3 nitrogen and oxygen atoms in total. The maximum absolute atomic E-state index is 11.7. The van der Waals surface area contributed by atoms with Crippen molar-refractivity contribution in [3.8, 4) is 0 Å². The van der Waals surface area contributed by atoms with E-state index in [1.807, 2.05) is 34.6 Å². The summed E-state index contributed by atoms with van der Waals surface area (Å²) < 4.78 is 0.472. The molecule has 0 fully saturated rings. The van der Waals surface area contributed by atoms with Crippen molar-refractivity contribution in [2.24, 2.45) is 0 Å². The van der Waals surface area contributed by atoms with Crippen LogP contribution in [0.4, 0.5) is 5.69 Å². The molecule has 0 unspecified atom stereocenters. The highest BCUT2D eigenvalue weighted by molar-refractivity contribution is 7.71. The quantitative estimate of drug-likeness (QED) is 0.664. The van der Waals surface area contributed by atoms with Gasteiger partial charge in [0.25, 0.3) is 0 Å². The second-order valence-electron chi connectivity index (χ2n) is 5.74. The van der Waals surface area contributed by atoms with Gasteiger partial charge in [-0.15, -0.1) is 0 Å². The summed E-state index contributed by atoms with van der Waals surface area (Å²) in [6.07, 6.45) is 1.05. The van der Waals surface area contributed by atoms with Crippen LogP contribution in [0.1, 0.15) is 46.6 Å². The molecule has 0 aromatic heterocycles. The number of rotatable bonds is 5. The monoisotopic (exact) mass is 284 g/mol. The molecule has 0 aliphatic heterocycles. The van der Waals surface area contributed by atoms with Crippen LogP contribution in [0.2, 0.25) is 0 Å². The normalized spacial score (nSPS) is 11.4. The topological polar surface area (TPSA) is 32.3 Å². The van der Waals surface area contributed by atoms with E-state index in [2.05, 4.69) is 24.3 Å². The first kappa shape index (κ1) is 18.3. The molecule has 0 spiro atoms. The van der Waals surface area contributed by atoms with E-state index in [4.69, 9.17) is 12.2 Å². The van der Waals surface area contributed by atoms with Gasteiger partial charge in [0.1, 0.15) is 4.51 Å². The van der Waals surface area contributed by atoms with E-state index in [-0.39, 0.29) is 10.8 Å². The SMILES string of the molecule is CC.CN(C)CCCNc1c(C(C)(C)C)c(=O)c1=S. The summed E-state index contributed by atoms with van der Waals surface area (Å²) in [5.41, 5.74) is 1.68. The van der Waals surface area contributed by atoms with Crippen LogP contribution in [-0.2, 0) is 5.41 Å². The van der Waals surface area contributed by atoms with Crippen LogP contribution < -0.4 is 10.7 Å². The highest BCUT2D eigenvalue weighted by Crippen LogP contribution is 2.30. The highest BCUT2D eigenvalue weighted by Gasteiger charge is 2.27. The van der Waals surface area contributed by atoms with Gasteiger partial charge in [0.2, 0.25) is 5.43 Å². The molecule has 0 aliphatic carbocycles. The summed E-state index contributed by atoms with van der Waals surface area (Å²) in [7, 11) is 4.11. The predicted octanol–water partition coefficient (Wildman–Crippen LogP) is 3.34. The number of hydrogen-bond donors (Lipinski definition) is 1. The third-order valence-electron chi connectivity index (χ3n) is 2.74. The van der Waals surface area contributed by atoms with E-state index in [0.717, 1.165) is 30.8 Å². The van der Waals surface area contributed by atoms with Crippen LogP contribution in [0, 0.1) is 4.51 Å². The van der Waals surface area contributed by atoms with Crippen LogP contribution >= 0.6 is 12.2 Å². The summed E-state index contributed by atoms with van der Waals surface area (Å²) in [6, 6.07) is 0. The molecule has 0 saturated carbocycles. The molecule has 0 aliphatic rings. The number of nitrogens with one attached hydrogen (secondary N) is 1. The zero-order chi connectivity index (χ0) is 15.2. The van der Waals surface area contributed by atoms with E-state index in [1.165, 1.54) is 0 Å². The Balaban J connectivity index is 0.00000154. The maximum Gasteiger partial charge on any atom is 0.204 e. The van der Waals surface area contributed by atoms with Gasteiger partial charge in [-0.05, 0) is 32.5 Å². The molecule has 1 aromatic rings. The fourth-order valence-corrected chi connectivity index (χ4v) is 2.16. The predicted molar refractivity (Wildman–Crippen MR) is 87.6 cm³/mol. The van der Waals surface area contributed by atoms with Crippen molar-refractivity contribution in [1.82, 2.24) is 4.90 Å². The molecule has 0 saturated heterocycles. The Morgan fingerprint density at radius 2 is 1.74 bits per heavy atom. The molecule has 19 heavy (non-hydrogen) atoms. The van der Waals surface area contributed by atoms with E-state index >= 15 is 0 Å². The summed E-state index contributed by atoms with van der Waals surface area (Å²) in [6.45, 7) is 12.0. The molecule has 0 amide bonds. The lowest BCUT2D eigenvalue weighted by atomic mass is 9.82. The van der Waals surface area contributed by atoms with Crippen LogP contribution in [0.15, 0.2) is 4.79 Å². The molecule has 0 bridgehead atoms. The minimum atomic E-state index is -0.122. The Morgan fingerprint density at radius 3 is 2.16 bits per heavy atom. The van der Waals surface area contributed by atoms with Gasteiger partial charge >= 0.3 is 0 Å². The summed E-state index contributed by atoms with van der Waals surface area (Å²) >= 11 is 5.09. The Kier molecular flexibility index (Phi) is 7.45. The lowest BCUT2D eigenvalue weighted by Gasteiger charge is -2.25. The van der Waals surface area contributed by atoms with Gasteiger partial charge in [-0.1, -0.05) is 46.8 Å². The van der Waals surface area contributed by atoms with E-state index < -0.39 is 0 Å². The smallest absolute Gasteiger partial charge is 0.204 e. The van der Waals surface area contributed by atoms with E-state index in [0.29, 0.717) is 4.51 Å². The fraction of sp³-hybridized carbons (Fsp3) is 0.733. The van der Waals surface area contributed by atoms with Gasteiger partial charge in [-0.25, -0.2) is 0 Å². The van der Waals surface area contributed by atoms with Crippen molar-refractivity contribution in [3.63, 3.8) is 0 Å². The Bertz CT molecular complexity index is 451. The minimum absolute atomic E-state index is 0.0441. The second-order valence-corrected chi connectivity index (χ2v) is 6.15. The third kappa shape index (κ3) is 5.03. The number of anilines is 1. The van der Waals surface area contributed by atoms with E-state index in [9.17, 15) is 4.79 Å². The molecule has 1 aromatic carbocycles. The lowest BCUT2D eigenvalue weighted by Crippen LogP contribution is -2.31. The zero-order valence-corrected chi connectivity index (χ0v) is 14.2. The first-order valence-electron chi connectivity index (χ1n) is 6.97. The van der Waals surface area contributed by atoms with Crippen LogP contribution in [0.3, 0.4) is 0 Å². The van der Waals surface area contributed by atoms with Crippen molar-refractivity contribution in [1.29, 1.82) is 0 Å². The van der Waals surface area contributed by atoms with Gasteiger partial charge < -0.3 is 10.2 Å². The molecule has 0 radical (unpaired) electrons. The first-order valence-corrected chi connectivity index (χ1v) is 7.38.